The smallest absolute Gasteiger partial charge is 0.244 e. The lowest BCUT2D eigenvalue weighted by molar-refractivity contribution is -0.116. The standard InChI is InChI=1S/C21H23N5O3S/c27-21(16-24-10-9-22-17-24)23-18-5-4-8-20(15-18)30(28,29)26-13-11-25(12-14-26)19-6-2-1-3-7-19/h1-10,15,17H,11-14,16H2,(H,23,27). The summed E-state index contributed by atoms with van der Waals surface area (Å²) in [5, 5.41) is 2.75. The highest BCUT2D eigenvalue weighted by Crippen LogP contribution is 2.23. The molecule has 1 amide bonds. The Balaban J connectivity index is 1.42. The monoisotopic (exact) mass is 425 g/mol. The molecule has 2 aromatic carbocycles. The number of imidazole rings is 1. The fourth-order valence-corrected chi connectivity index (χ4v) is 4.92. The van der Waals surface area contributed by atoms with E-state index in [0.29, 0.717) is 31.9 Å². The largest absolute Gasteiger partial charge is 0.369 e. The summed E-state index contributed by atoms with van der Waals surface area (Å²) in [6.07, 6.45) is 4.84. The molecule has 1 fully saturated rings. The molecule has 0 aliphatic carbocycles. The molecule has 3 aromatic rings. The summed E-state index contributed by atoms with van der Waals surface area (Å²) in [6.45, 7) is 2.19. The van der Waals surface area contributed by atoms with E-state index in [9.17, 15) is 13.2 Å². The van der Waals surface area contributed by atoms with Gasteiger partial charge in [0.2, 0.25) is 15.9 Å². The van der Waals surface area contributed by atoms with E-state index in [1.54, 1.807) is 41.5 Å². The average molecular weight is 426 g/mol. The summed E-state index contributed by atoms with van der Waals surface area (Å²) in [5.74, 6) is -0.251. The number of sulfonamides is 1. The molecule has 1 saturated heterocycles. The number of rotatable bonds is 6. The van der Waals surface area contributed by atoms with Gasteiger partial charge in [-0.2, -0.15) is 4.31 Å². The van der Waals surface area contributed by atoms with E-state index in [-0.39, 0.29) is 17.3 Å². The maximum absolute atomic E-state index is 13.1. The first kappa shape index (κ1) is 20.1. The molecule has 1 N–H and O–H groups in total. The van der Waals surface area contributed by atoms with Crippen molar-refractivity contribution in [1.29, 1.82) is 0 Å². The number of carbonyl (C=O) groups excluding carboxylic acids is 1. The van der Waals surface area contributed by atoms with Crippen LogP contribution in [0.25, 0.3) is 0 Å². The molecule has 1 aliphatic heterocycles. The van der Waals surface area contributed by atoms with Crippen molar-refractivity contribution in [1.82, 2.24) is 13.9 Å². The molecule has 8 nitrogen and oxygen atoms in total. The molecule has 156 valence electrons. The highest BCUT2D eigenvalue weighted by Gasteiger charge is 2.28. The molecule has 9 heteroatoms. The topological polar surface area (TPSA) is 87.5 Å². The SMILES string of the molecule is O=C(Cn1ccnc1)Nc1cccc(S(=O)(=O)N2CCN(c3ccccc3)CC2)c1. The Kier molecular flexibility index (Phi) is 5.82. The van der Waals surface area contributed by atoms with Gasteiger partial charge < -0.3 is 14.8 Å². The maximum Gasteiger partial charge on any atom is 0.244 e. The third-order valence-electron chi connectivity index (χ3n) is 5.00. The van der Waals surface area contributed by atoms with E-state index in [4.69, 9.17) is 0 Å². The molecule has 30 heavy (non-hydrogen) atoms. The van der Waals surface area contributed by atoms with Crippen molar-refractivity contribution in [3.63, 3.8) is 0 Å². The van der Waals surface area contributed by atoms with Crippen LogP contribution in [0, 0.1) is 0 Å². The number of hydrogen-bond acceptors (Lipinski definition) is 5. The number of para-hydroxylation sites is 1. The third-order valence-corrected chi connectivity index (χ3v) is 6.90. The number of aromatic nitrogens is 2. The van der Waals surface area contributed by atoms with Crippen molar-refractivity contribution in [2.75, 3.05) is 36.4 Å². The first-order valence-electron chi connectivity index (χ1n) is 9.68. The van der Waals surface area contributed by atoms with Crippen LogP contribution in [0.1, 0.15) is 0 Å². The predicted octanol–water partition coefficient (Wildman–Crippen LogP) is 2.03. The first-order chi connectivity index (χ1) is 14.5. The highest BCUT2D eigenvalue weighted by atomic mass is 32.2. The number of anilines is 2. The van der Waals surface area contributed by atoms with E-state index in [0.717, 1.165) is 5.69 Å². The molecule has 4 rings (SSSR count). The molecule has 0 radical (unpaired) electrons. The average Bonchev–Trinajstić information content (AvgIpc) is 3.27. The van der Waals surface area contributed by atoms with Crippen LogP contribution in [0.3, 0.4) is 0 Å². The Morgan fingerprint density at radius 3 is 2.47 bits per heavy atom. The minimum absolute atomic E-state index is 0.110. The van der Waals surface area contributed by atoms with Gasteiger partial charge in [-0.1, -0.05) is 24.3 Å². The van der Waals surface area contributed by atoms with Crippen LogP contribution >= 0.6 is 0 Å². The summed E-state index contributed by atoms with van der Waals surface area (Å²) in [6, 6.07) is 16.4. The minimum Gasteiger partial charge on any atom is -0.369 e. The number of amides is 1. The van der Waals surface area contributed by atoms with Gasteiger partial charge in [-0.25, -0.2) is 13.4 Å². The van der Waals surface area contributed by atoms with Gasteiger partial charge in [0.25, 0.3) is 0 Å². The van der Waals surface area contributed by atoms with E-state index < -0.39 is 10.0 Å². The molecule has 0 bridgehead atoms. The molecule has 1 aliphatic rings. The number of nitrogens with one attached hydrogen (secondary N) is 1. The van der Waals surface area contributed by atoms with Crippen LogP contribution < -0.4 is 10.2 Å². The van der Waals surface area contributed by atoms with Gasteiger partial charge in [-0.15, -0.1) is 0 Å². The van der Waals surface area contributed by atoms with Crippen LogP contribution in [-0.2, 0) is 21.4 Å². The third kappa shape index (κ3) is 4.52. The second kappa shape index (κ2) is 8.68. The van der Waals surface area contributed by atoms with E-state index in [1.165, 1.54) is 10.4 Å². The Hall–Kier alpha value is -3.17. The molecule has 0 spiro atoms. The maximum atomic E-state index is 13.1. The second-order valence-electron chi connectivity index (χ2n) is 7.04. The fourth-order valence-electron chi connectivity index (χ4n) is 3.46. The molecule has 0 unspecified atom stereocenters. The quantitative estimate of drug-likeness (QED) is 0.653. The first-order valence-corrected chi connectivity index (χ1v) is 11.1. The van der Waals surface area contributed by atoms with Crippen molar-refractivity contribution < 1.29 is 13.2 Å². The van der Waals surface area contributed by atoms with E-state index in [2.05, 4.69) is 15.2 Å². The van der Waals surface area contributed by atoms with Crippen LogP contribution in [0.2, 0.25) is 0 Å². The number of hydrogen-bond donors (Lipinski definition) is 1. The van der Waals surface area contributed by atoms with E-state index >= 15 is 0 Å². The van der Waals surface area contributed by atoms with Crippen LogP contribution in [0.4, 0.5) is 11.4 Å². The van der Waals surface area contributed by atoms with Gasteiger partial charge in [0.05, 0.1) is 11.2 Å². The summed E-state index contributed by atoms with van der Waals surface area (Å²) in [7, 11) is -3.64. The van der Waals surface area contributed by atoms with Crippen LogP contribution in [-0.4, -0.2) is 54.4 Å². The number of benzene rings is 2. The van der Waals surface area contributed by atoms with E-state index in [1.807, 2.05) is 30.3 Å². The fraction of sp³-hybridized carbons (Fsp3) is 0.238. The molecule has 1 aromatic heterocycles. The van der Waals surface area contributed by atoms with Crippen molar-refractivity contribution in [3.8, 4) is 0 Å². The van der Waals surface area contributed by atoms with Gasteiger partial charge in [0.1, 0.15) is 6.54 Å². The van der Waals surface area contributed by atoms with Gasteiger partial charge in [0.15, 0.2) is 0 Å². The lowest BCUT2D eigenvalue weighted by Crippen LogP contribution is -2.48. The summed E-state index contributed by atoms with van der Waals surface area (Å²) < 4.78 is 29.4. The second-order valence-corrected chi connectivity index (χ2v) is 8.98. The molecular formula is C21H23N5O3S. The zero-order valence-electron chi connectivity index (χ0n) is 16.4. The van der Waals surface area contributed by atoms with Gasteiger partial charge in [-0.05, 0) is 30.3 Å². The zero-order valence-corrected chi connectivity index (χ0v) is 17.2. The number of piperazine rings is 1. The Bertz CT molecular complexity index is 1090. The lowest BCUT2D eigenvalue weighted by Gasteiger charge is -2.35. The van der Waals surface area contributed by atoms with Crippen molar-refractivity contribution in [3.05, 3.63) is 73.3 Å². The molecule has 0 atom stereocenters. The van der Waals surface area contributed by atoms with Gasteiger partial charge in [-0.3, -0.25) is 4.79 Å². The normalized spacial score (nSPS) is 15.1. The molecule has 0 saturated carbocycles. The lowest BCUT2D eigenvalue weighted by atomic mass is 10.2. The highest BCUT2D eigenvalue weighted by molar-refractivity contribution is 7.89. The summed E-state index contributed by atoms with van der Waals surface area (Å²) in [4.78, 5) is 18.4. The zero-order chi connectivity index (χ0) is 21.0. The molecule has 2 heterocycles. The van der Waals surface area contributed by atoms with Gasteiger partial charge >= 0.3 is 0 Å². The van der Waals surface area contributed by atoms with Crippen molar-refractivity contribution in [2.45, 2.75) is 11.4 Å². The van der Waals surface area contributed by atoms with Gasteiger partial charge in [0, 0.05) is 49.9 Å². The Labute approximate surface area is 175 Å². The van der Waals surface area contributed by atoms with Crippen LogP contribution in [0.15, 0.2) is 78.2 Å². The van der Waals surface area contributed by atoms with Crippen LogP contribution in [0.5, 0.6) is 0 Å². The summed E-state index contributed by atoms with van der Waals surface area (Å²) >= 11 is 0. The summed E-state index contributed by atoms with van der Waals surface area (Å²) in [5.41, 5.74) is 1.54. The Morgan fingerprint density at radius 1 is 1.00 bits per heavy atom. The van der Waals surface area contributed by atoms with Crippen molar-refractivity contribution >= 4 is 27.3 Å². The van der Waals surface area contributed by atoms with Crippen molar-refractivity contribution in [2.24, 2.45) is 0 Å². The number of nitrogens with zero attached hydrogens (tertiary/aromatic N) is 4. The minimum atomic E-state index is -3.64. The predicted molar refractivity (Wildman–Crippen MR) is 115 cm³/mol. The molecular weight excluding hydrogens is 402 g/mol. The Morgan fingerprint density at radius 2 is 1.77 bits per heavy atom. The number of carbonyl (C=O) groups is 1.